The molecular formula is C18H27N5O7S. The number of amides is 1. The number of aliphatic carboxylic acids is 1. The smallest absolute Gasteiger partial charge is 0.305 e. The van der Waals surface area contributed by atoms with Gasteiger partial charge >= 0.3 is 5.97 Å². The lowest BCUT2D eigenvalue weighted by atomic mass is 10.2. The van der Waals surface area contributed by atoms with Gasteiger partial charge in [-0.1, -0.05) is 0 Å². The zero-order chi connectivity index (χ0) is 22.7. The van der Waals surface area contributed by atoms with E-state index in [0.29, 0.717) is 23.9 Å². The molecule has 0 unspecified atom stereocenters. The van der Waals surface area contributed by atoms with Crippen LogP contribution < -0.4 is 20.2 Å². The van der Waals surface area contributed by atoms with Gasteiger partial charge < -0.3 is 25.6 Å². The molecule has 0 radical (unpaired) electrons. The molecule has 0 atom stereocenters. The van der Waals surface area contributed by atoms with Gasteiger partial charge in [-0.3, -0.25) is 19.6 Å². The van der Waals surface area contributed by atoms with Crippen molar-refractivity contribution in [2.45, 2.75) is 12.8 Å². The SMILES string of the molecule is O=C(O)CCN(NS(=O)(=O)CCO)C(=O)c1ccc(OCCNC2=NCCCN2)cc1. The highest BCUT2D eigenvalue weighted by Gasteiger charge is 2.22. The zero-order valence-electron chi connectivity index (χ0n) is 16.9. The number of carbonyl (C=O) groups excluding carboxylic acids is 1. The molecule has 5 N–H and O–H groups in total. The number of aliphatic imine (C=N–C) groups is 1. The van der Waals surface area contributed by atoms with Crippen LogP contribution in [0.25, 0.3) is 0 Å². The molecule has 0 aromatic heterocycles. The van der Waals surface area contributed by atoms with Crippen molar-refractivity contribution in [1.29, 1.82) is 0 Å². The monoisotopic (exact) mass is 457 g/mol. The molecule has 172 valence electrons. The molecule has 1 aliphatic rings. The normalized spacial score (nSPS) is 13.6. The molecule has 12 nitrogen and oxygen atoms in total. The van der Waals surface area contributed by atoms with Crippen molar-refractivity contribution in [1.82, 2.24) is 20.5 Å². The second kappa shape index (κ2) is 12.1. The number of hydrazine groups is 1. The number of ether oxygens (including phenoxy) is 1. The second-order valence-corrected chi connectivity index (χ2v) is 8.36. The molecule has 0 saturated heterocycles. The highest BCUT2D eigenvalue weighted by Crippen LogP contribution is 2.14. The molecule has 0 aliphatic carbocycles. The van der Waals surface area contributed by atoms with Crippen molar-refractivity contribution in [3.63, 3.8) is 0 Å². The molecule has 1 aromatic rings. The van der Waals surface area contributed by atoms with Gasteiger partial charge in [0.05, 0.1) is 25.3 Å². The number of rotatable bonds is 12. The van der Waals surface area contributed by atoms with Crippen molar-refractivity contribution in [3.8, 4) is 5.75 Å². The summed E-state index contributed by atoms with van der Waals surface area (Å²) in [6, 6.07) is 6.01. The average molecular weight is 458 g/mol. The number of benzene rings is 1. The van der Waals surface area contributed by atoms with Crippen LogP contribution in [-0.4, -0.2) is 86.6 Å². The Hall–Kier alpha value is -2.90. The number of sulfonamides is 1. The lowest BCUT2D eigenvalue weighted by Crippen LogP contribution is -2.48. The van der Waals surface area contributed by atoms with Gasteiger partial charge in [0.25, 0.3) is 5.91 Å². The number of hydrogen-bond acceptors (Lipinski definition) is 9. The first-order valence-electron chi connectivity index (χ1n) is 9.70. The Labute approximate surface area is 180 Å². The topological polar surface area (TPSA) is 170 Å². The summed E-state index contributed by atoms with van der Waals surface area (Å²) in [6.07, 6.45) is 0.547. The lowest BCUT2D eigenvalue weighted by Gasteiger charge is -2.22. The molecule has 2 rings (SSSR count). The minimum Gasteiger partial charge on any atom is -0.492 e. The Morgan fingerprint density at radius 3 is 2.61 bits per heavy atom. The summed E-state index contributed by atoms with van der Waals surface area (Å²) in [4.78, 5) is 29.8. The van der Waals surface area contributed by atoms with Gasteiger partial charge in [0.15, 0.2) is 5.96 Å². The third kappa shape index (κ3) is 8.78. The number of aliphatic hydroxyl groups is 1. The van der Waals surface area contributed by atoms with Gasteiger partial charge in [-0.2, -0.15) is 0 Å². The maximum atomic E-state index is 12.7. The minimum atomic E-state index is -4.00. The summed E-state index contributed by atoms with van der Waals surface area (Å²) in [5.74, 6) is -1.29. The van der Waals surface area contributed by atoms with Crippen molar-refractivity contribution in [3.05, 3.63) is 29.8 Å². The van der Waals surface area contributed by atoms with Gasteiger partial charge in [-0.15, -0.1) is 4.83 Å². The Morgan fingerprint density at radius 1 is 1.26 bits per heavy atom. The average Bonchev–Trinajstić information content (AvgIpc) is 2.74. The van der Waals surface area contributed by atoms with Crippen LogP contribution in [0.5, 0.6) is 5.75 Å². The van der Waals surface area contributed by atoms with Crippen LogP contribution in [0.3, 0.4) is 0 Å². The van der Waals surface area contributed by atoms with Gasteiger partial charge in [0.2, 0.25) is 10.0 Å². The standard InChI is InChI=1S/C18H27N5O7S/c24-11-13-31(28,29)22-23(10-6-16(25)26)17(27)14-2-4-15(5-3-14)30-12-9-21-18-19-7-1-8-20-18/h2-5,22,24H,1,6-13H2,(H,25,26)(H2,19,20,21). The second-order valence-electron chi connectivity index (χ2n) is 6.54. The molecule has 13 heteroatoms. The number of carbonyl (C=O) groups is 2. The number of carboxylic acids is 1. The van der Waals surface area contributed by atoms with Crippen LogP contribution in [-0.2, 0) is 14.8 Å². The highest BCUT2D eigenvalue weighted by atomic mass is 32.2. The van der Waals surface area contributed by atoms with Crippen LogP contribution in [0, 0.1) is 0 Å². The van der Waals surface area contributed by atoms with E-state index in [1.165, 1.54) is 12.1 Å². The fourth-order valence-electron chi connectivity index (χ4n) is 2.57. The maximum Gasteiger partial charge on any atom is 0.305 e. The minimum absolute atomic E-state index is 0.142. The third-order valence-electron chi connectivity index (χ3n) is 4.07. The molecule has 0 saturated carbocycles. The molecule has 1 aromatic carbocycles. The van der Waals surface area contributed by atoms with Crippen LogP contribution in [0.2, 0.25) is 0 Å². The summed E-state index contributed by atoms with van der Waals surface area (Å²) < 4.78 is 29.4. The highest BCUT2D eigenvalue weighted by molar-refractivity contribution is 7.89. The van der Waals surface area contributed by atoms with Gasteiger partial charge in [-0.25, -0.2) is 8.42 Å². The molecular weight excluding hydrogens is 430 g/mol. The number of aliphatic hydroxyl groups excluding tert-OH is 1. The molecule has 1 aliphatic heterocycles. The van der Waals surface area contributed by atoms with E-state index in [-0.39, 0.29) is 12.1 Å². The van der Waals surface area contributed by atoms with Crippen LogP contribution in [0.4, 0.5) is 0 Å². The van der Waals surface area contributed by atoms with E-state index in [9.17, 15) is 18.0 Å². The number of guanidine groups is 1. The lowest BCUT2D eigenvalue weighted by molar-refractivity contribution is -0.137. The Morgan fingerprint density at radius 2 is 2.00 bits per heavy atom. The third-order valence-corrected chi connectivity index (χ3v) is 5.28. The van der Waals surface area contributed by atoms with Gasteiger partial charge in [0.1, 0.15) is 12.4 Å². The first kappa shape index (κ1) is 24.4. The van der Waals surface area contributed by atoms with E-state index in [4.69, 9.17) is 14.9 Å². The maximum absolute atomic E-state index is 12.7. The predicted molar refractivity (Wildman–Crippen MR) is 112 cm³/mol. The van der Waals surface area contributed by atoms with Crippen LogP contribution in [0.15, 0.2) is 29.3 Å². The summed E-state index contributed by atoms with van der Waals surface area (Å²) in [6.45, 7) is 1.54. The first-order chi connectivity index (χ1) is 14.8. The van der Waals surface area contributed by atoms with Crippen molar-refractivity contribution < 1.29 is 33.0 Å². The van der Waals surface area contributed by atoms with E-state index in [1.54, 1.807) is 12.1 Å². The number of carboxylic acid groups (broad SMARTS) is 1. The molecule has 0 fully saturated rings. The number of nitrogens with zero attached hydrogens (tertiary/aromatic N) is 2. The van der Waals surface area contributed by atoms with Crippen molar-refractivity contribution in [2.24, 2.45) is 4.99 Å². The summed E-state index contributed by atoms with van der Waals surface area (Å²) in [5, 5.41) is 24.6. The fourth-order valence-corrected chi connectivity index (χ4v) is 3.41. The van der Waals surface area contributed by atoms with E-state index in [2.05, 4.69) is 15.6 Å². The number of nitrogens with one attached hydrogen (secondary N) is 3. The Bertz CT molecular complexity index is 874. The molecule has 1 amide bonds. The molecule has 31 heavy (non-hydrogen) atoms. The van der Waals surface area contributed by atoms with Crippen LogP contribution in [0.1, 0.15) is 23.2 Å². The van der Waals surface area contributed by atoms with Crippen molar-refractivity contribution >= 4 is 27.9 Å². The van der Waals surface area contributed by atoms with Gasteiger partial charge in [-0.05, 0) is 30.7 Å². The largest absolute Gasteiger partial charge is 0.492 e. The van der Waals surface area contributed by atoms with E-state index in [1.807, 2.05) is 4.83 Å². The molecule has 0 bridgehead atoms. The van der Waals surface area contributed by atoms with Crippen molar-refractivity contribution in [2.75, 3.05) is 45.1 Å². The Balaban J connectivity index is 1.93. The quantitative estimate of drug-likeness (QED) is 0.190. The van der Waals surface area contributed by atoms with E-state index >= 15 is 0 Å². The summed E-state index contributed by atoms with van der Waals surface area (Å²) in [7, 11) is -4.00. The van der Waals surface area contributed by atoms with E-state index < -0.39 is 40.7 Å². The zero-order valence-corrected chi connectivity index (χ0v) is 17.7. The Kier molecular flexibility index (Phi) is 9.49. The molecule has 0 spiro atoms. The first-order valence-corrected chi connectivity index (χ1v) is 11.4. The summed E-state index contributed by atoms with van der Waals surface area (Å²) in [5.41, 5.74) is 0.142. The van der Waals surface area contributed by atoms with Gasteiger partial charge in [0, 0.05) is 25.2 Å². The van der Waals surface area contributed by atoms with E-state index in [0.717, 1.165) is 25.5 Å². The van der Waals surface area contributed by atoms with Crippen LogP contribution >= 0.6 is 0 Å². The summed E-state index contributed by atoms with van der Waals surface area (Å²) >= 11 is 0. The number of hydrogen-bond donors (Lipinski definition) is 5. The predicted octanol–water partition coefficient (Wildman–Crippen LogP) is -1.25. The molecule has 1 heterocycles. The fraction of sp³-hybridized carbons (Fsp3) is 0.500.